The molecule has 4 amide bonds. The fourth-order valence-electron chi connectivity index (χ4n) is 3.69. The van der Waals surface area contributed by atoms with Crippen molar-refractivity contribution < 1.29 is 29.0 Å². The monoisotopic (exact) mass is 503 g/mol. The van der Waals surface area contributed by atoms with Crippen molar-refractivity contribution in [2.24, 2.45) is 4.99 Å². The number of urea groups is 1. The van der Waals surface area contributed by atoms with Crippen LogP contribution in [0.4, 0.5) is 9.59 Å². The molecule has 0 spiro atoms. The van der Waals surface area contributed by atoms with E-state index < -0.39 is 24.1 Å². The standard InChI is InChI=1S/C23H33N7O6/c31-19(7-4-8-24-21-25-9-10-26-21)29-11-13-30(14-12-29)22(34)27-15-18(20(32)33)28-23(35)36-16-17-5-2-1-3-6-17/h1-3,5-6,18H,4,7-16H2,(H,27,34)(H,28,35)(H,32,33)(H2,24,25,26)/t18-/m0/s1. The van der Waals surface area contributed by atoms with Crippen molar-refractivity contribution in [3.63, 3.8) is 0 Å². The zero-order valence-electron chi connectivity index (χ0n) is 20.1. The Morgan fingerprint density at radius 3 is 2.47 bits per heavy atom. The maximum absolute atomic E-state index is 12.5. The highest BCUT2D eigenvalue weighted by molar-refractivity contribution is 5.82. The number of hydrogen-bond acceptors (Lipinski definition) is 8. The molecule has 0 aliphatic carbocycles. The van der Waals surface area contributed by atoms with Crippen LogP contribution < -0.4 is 21.3 Å². The first-order chi connectivity index (χ1) is 17.4. The van der Waals surface area contributed by atoms with Gasteiger partial charge in [0.2, 0.25) is 5.91 Å². The van der Waals surface area contributed by atoms with Crippen LogP contribution in [0.25, 0.3) is 0 Å². The summed E-state index contributed by atoms with van der Waals surface area (Å²) >= 11 is 0. The molecular formula is C23H33N7O6. The Morgan fingerprint density at radius 2 is 1.81 bits per heavy atom. The van der Waals surface area contributed by atoms with E-state index in [0.717, 1.165) is 24.6 Å². The number of piperazine rings is 1. The minimum absolute atomic E-state index is 0.00260. The highest BCUT2D eigenvalue weighted by Crippen LogP contribution is 2.06. The second kappa shape index (κ2) is 13.8. The van der Waals surface area contributed by atoms with Crippen molar-refractivity contribution in [1.82, 2.24) is 31.1 Å². The van der Waals surface area contributed by atoms with Gasteiger partial charge in [0.1, 0.15) is 12.6 Å². The van der Waals surface area contributed by atoms with E-state index in [1.54, 1.807) is 29.2 Å². The third-order valence-electron chi connectivity index (χ3n) is 5.71. The number of carbonyl (C=O) groups is 4. The second-order valence-corrected chi connectivity index (χ2v) is 8.34. The van der Waals surface area contributed by atoms with Gasteiger partial charge in [0.25, 0.3) is 0 Å². The Labute approximate surface area is 209 Å². The lowest BCUT2D eigenvalue weighted by atomic mass is 10.2. The van der Waals surface area contributed by atoms with Crippen LogP contribution in [0.1, 0.15) is 18.4 Å². The minimum Gasteiger partial charge on any atom is -0.480 e. The predicted octanol–water partition coefficient (Wildman–Crippen LogP) is -0.451. The second-order valence-electron chi connectivity index (χ2n) is 8.34. The number of nitrogens with zero attached hydrogens (tertiary/aromatic N) is 3. The molecule has 1 atom stereocenters. The first-order valence-electron chi connectivity index (χ1n) is 11.9. The number of hydrogen-bond donors (Lipinski definition) is 5. The SMILES string of the molecule is O=C(N[C@@H](CNC(=O)N1CCN(C(=O)CCCNC2=NCCN2)CC1)C(=O)O)OCc1ccccc1. The summed E-state index contributed by atoms with van der Waals surface area (Å²) < 4.78 is 5.04. The Balaban J connectivity index is 1.32. The summed E-state index contributed by atoms with van der Waals surface area (Å²) in [4.78, 5) is 55.9. The van der Waals surface area contributed by atoms with Crippen LogP contribution in [-0.4, -0.2) is 103 Å². The van der Waals surface area contributed by atoms with Crippen molar-refractivity contribution in [3.05, 3.63) is 35.9 Å². The summed E-state index contributed by atoms with van der Waals surface area (Å²) in [6.07, 6.45) is 0.187. The Hall–Kier alpha value is -4.03. The average molecular weight is 504 g/mol. The zero-order chi connectivity index (χ0) is 25.8. The normalized spacial score (nSPS) is 15.8. The van der Waals surface area contributed by atoms with Gasteiger partial charge < -0.3 is 40.9 Å². The fraction of sp³-hybridized carbons (Fsp3) is 0.522. The van der Waals surface area contributed by atoms with Crippen LogP contribution in [0.2, 0.25) is 0 Å². The number of ether oxygens (including phenoxy) is 1. The maximum Gasteiger partial charge on any atom is 0.408 e. The van der Waals surface area contributed by atoms with E-state index in [1.165, 1.54) is 4.90 Å². The van der Waals surface area contributed by atoms with E-state index in [4.69, 9.17) is 4.74 Å². The van der Waals surface area contributed by atoms with Crippen molar-refractivity contribution in [3.8, 4) is 0 Å². The molecule has 13 nitrogen and oxygen atoms in total. The van der Waals surface area contributed by atoms with E-state index in [0.29, 0.717) is 45.6 Å². The Morgan fingerprint density at radius 1 is 1.08 bits per heavy atom. The van der Waals surface area contributed by atoms with E-state index in [-0.39, 0.29) is 19.1 Å². The van der Waals surface area contributed by atoms with Crippen LogP contribution in [0.5, 0.6) is 0 Å². The average Bonchev–Trinajstić information content (AvgIpc) is 3.41. The first-order valence-corrected chi connectivity index (χ1v) is 11.9. The zero-order valence-corrected chi connectivity index (χ0v) is 20.1. The van der Waals surface area contributed by atoms with Gasteiger partial charge in [-0.15, -0.1) is 0 Å². The van der Waals surface area contributed by atoms with Gasteiger partial charge in [-0.1, -0.05) is 30.3 Å². The first kappa shape index (κ1) is 26.6. The number of aliphatic carboxylic acids is 1. The third-order valence-corrected chi connectivity index (χ3v) is 5.71. The number of aliphatic imine (C=N–C) groups is 1. The number of carboxylic acids is 1. The quantitative estimate of drug-likeness (QED) is 0.268. The van der Waals surface area contributed by atoms with Gasteiger partial charge in [0.05, 0.1) is 13.1 Å². The molecule has 2 aliphatic heterocycles. The Kier molecular flexibility index (Phi) is 10.2. The number of nitrogens with one attached hydrogen (secondary N) is 4. The molecule has 196 valence electrons. The lowest BCUT2D eigenvalue weighted by molar-refractivity contribution is -0.139. The number of alkyl carbamates (subject to hydrolysis) is 1. The Bertz CT molecular complexity index is 934. The highest BCUT2D eigenvalue weighted by Gasteiger charge is 2.26. The van der Waals surface area contributed by atoms with Gasteiger partial charge in [-0.25, -0.2) is 14.4 Å². The van der Waals surface area contributed by atoms with Crippen molar-refractivity contribution in [2.45, 2.75) is 25.5 Å². The lowest BCUT2D eigenvalue weighted by Crippen LogP contribution is -2.55. The topological polar surface area (TPSA) is 165 Å². The molecule has 0 aromatic heterocycles. The van der Waals surface area contributed by atoms with Crippen molar-refractivity contribution in [2.75, 3.05) is 52.4 Å². The highest BCUT2D eigenvalue weighted by atomic mass is 16.5. The molecule has 0 bridgehead atoms. The molecule has 0 radical (unpaired) electrons. The largest absolute Gasteiger partial charge is 0.480 e. The minimum atomic E-state index is -1.35. The number of carboxylic acid groups (broad SMARTS) is 1. The van der Waals surface area contributed by atoms with Gasteiger partial charge in [-0.3, -0.25) is 9.79 Å². The van der Waals surface area contributed by atoms with E-state index in [9.17, 15) is 24.3 Å². The molecule has 1 aromatic rings. The van der Waals surface area contributed by atoms with E-state index >= 15 is 0 Å². The number of carbonyl (C=O) groups excluding carboxylic acids is 3. The third kappa shape index (κ3) is 8.64. The molecule has 0 unspecified atom stereocenters. The molecule has 13 heteroatoms. The molecule has 2 heterocycles. The molecule has 0 saturated carbocycles. The number of rotatable bonds is 10. The van der Waals surface area contributed by atoms with Gasteiger partial charge in [-0.2, -0.15) is 0 Å². The van der Waals surface area contributed by atoms with Crippen LogP contribution in [0.3, 0.4) is 0 Å². The molecule has 5 N–H and O–H groups in total. The van der Waals surface area contributed by atoms with E-state index in [1.807, 2.05) is 6.07 Å². The number of benzene rings is 1. The van der Waals surface area contributed by atoms with Gasteiger partial charge in [-0.05, 0) is 12.0 Å². The molecule has 36 heavy (non-hydrogen) atoms. The summed E-state index contributed by atoms with van der Waals surface area (Å²) in [5.74, 6) is -0.499. The van der Waals surface area contributed by atoms with Crippen molar-refractivity contribution in [1.29, 1.82) is 0 Å². The van der Waals surface area contributed by atoms with E-state index in [2.05, 4.69) is 26.3 Å². The molecule has 3 rings (SSSR count). The van der Waals surface area contributed by atoms with Crippen LogP contribution in [0, 0.1) is 0 Å². The van der Waals surface area contributed by atoms with Gasteiger partial charge >= 0.3 is 18.1 Å². The lowest BCUT2D eigenvalue weighted by Gasteiger charge is -2.35. The van der Waals surface area contributed by atoms with Gasteiger partial charge in [0, 0.05) is 45.7 Å². The van der Waals surface area contributed by atoms with Crippen LogP contribution >= 0.6 is 0 Å². The summed E-state index contributed by atoms with van der Waals surface area (Å²) in [7, 11) is 0. The summed E-state index contributed by atoms with van der Waals surface area (Å²) in [5, 5.41) is 20.4. The maximum atomic E-state index is 12.5. The molecule has 1 fully saturated rings. The van der Waals surface area contributed by atoms with Crippen LogP contribution in [0.15, 0.2) is 35.3 Å². The fourth-order valence-corrected chi connectivity index (χ4v) is 3.69. The smallest absolute Gasteiger partial charge is 0.408 e. The molecule has 1 aromatic carbocycles. The summed E-state index contributed by atoms with van der Waals surface area (Å²) in [5.41, 5.74) is 0.762. The van der Waals surface area contributed by atoms with Crippen LogP contribution in [-0.2, 0) is 20.9 Å². The number of guanidine groups is 1. The molecule has 2 aliphatic rings. The van der Waals surface area contributed by atoms with Gasteiger partial charge in [0.15, 0.2) is 5.96 Å². The number of amides is 4. The summed E-state index contributed by atoms with van der Waals surface area (Å²) in [6.45, 7) is 3.40. The predicted molar refractivity (Wildman–Crippen MR) is 130 cm³/mol. The molecular weight excluding hydrogens is 470 g/mol. The van der Waals surface area contributed by atoms with Crippen molar-refractivity contribution >= 4 is 30.0 Å². The summed E-state index contributed by atoms with van der Waals surface area (Å²) in [6, 6.07) is 7.17. The molecule has 1 saturated heterocycles.